The van der Waals surface area contributed by atoms with E-state index >= 15 is 0 Å². The van der Waals surface area contributed by atoms with Gasteiger partial charge >= 0.3 is 0 Å². The summed E-state index contributed by atoms with van der Waals surface area (Å²) in [5.41, 5.74) is 7.03. The molecule has 2 N–H and O–H groups in total. The number of hydrogen-bond acceptors (Lipinski definition) is 4. The zero-order chi connectivity index (χ0) is 7.40. The third kappa shape index (κ3) is 1.89. The first-order chi connectivity index (χ1) is 4.83. The van der Waals surface area contributed by atoms with E-state index in [1.807, 2.05) is 0 Å². The second kappa shape index (κ2) is 3.43. The maximum Gasteiger partial charge on any atom is 0.217 e. The van der Waals surface area contributed by atoms with E-state index in [0.717, 1.165) is 4.88 Å². The van der Waals surface area contributed by atoms with E-state index in [1.54, 1.807) is 18.0 Å². The van der Waals surface area contributed by atoms with Gasteiger partial charge in [-0.2, -0.15) is 0 Å². The largest absolute Gasteiger partial charge is 0.321 e. The Hall–Kier alpha value is -0.740. The number of aromatic nitrogens is 1. The van der Waals surface area contributed by atoms with Gasteiger partial charge in [0.1, 0.15) is 0 Å². The summed E-state index contributed by atoms with van der Waals surface area (Å²) in [6, 6.07) is -0.500. The maximum atomic E-state index is 9.97. The van der Waals surface area contributed by atoms with Crippen molar-refractivity contribution in [1.29, 1.82) is 0 Å². The predicted molar refractivity (Wildman–Crippen MR) is 39.5 cm³/mol. The van der Waals surface area contributed by atoms with E-state index < -0.39 is 6.04 Å². The van der Waals surface area contributed by atoms with Crippen molar-refractivity contribution in [2.24, 2.45) is 5.73 Å². The van der Waals surface area contributed by atoms with Crippen molar-refractivity contribution < 1.29 is 4.79 Å². The van der Waals surface area contributed by atoms with E-state index in [9.17, 15) is 4.79 Å². The highest BCUT2D eigenvalue weighted by Crippen LogP contribution is 2.06. The summed E-state index contributed by atoms with van der Waals surface area (Å²) in [6.07, 6.45) is 3.97. The Labute approximate surface area is 62.9 Å². The maximum absolute atomic E-state index is 9.97. The monoisotopic (exact) mass is 155 g/mol. The van der Waals surface area contributed by atoms with E-state index in [-0.39, 0.29) is 0 Å². The molecule has 1 aromatic rings. The van der Waals surface area contributed by atoms with Crippen molar-refractivity contribution in [3.63, 3.8) is 0 Å². The molecule has 0 saturated heterocycles. The first kappa shape index (κ1) is 7.37. The Balaban J connectivity index is 2.47. The lowest BCUT2D eigenvalue weighted by molar-refractivity contribution is 0.541. The summed E-state index contributed by atoms with van der Waals surface area (Å²) in [4.78, 5) is 14.8. The van der Waals surface area contributed by atoms with Crippen LogP contribution < -0.4 is 5.73 Å². The van der Waals surface area contributed by atoms with Crippen LogP contribution in [0.5, 0.6) is 0 Å². The van der Waals surface area contributed by atoms with Gasteiger partial charge in [0.15, 0.2) is 0 Å². The number of carbonyl (C=O) groups excluding carboxylic acids is 1. The quantitative estimate of drug-likeness (QED) is 0.674. The van der Waals surface area contributed by atoms with Crippen LogP contribution >= 0.6 is 11.3 Å². The van der Waals surface area contributed by atoms with Crippen LogP contribution in [0.2, 0.25) is 0 Å². The number of rotatable bonds is 3. The molecule has 4 heteroatoms. The summed E-state index contributed by atoms with van der Waals surface area (Å²) in [6.45, 7) is 0. The second-order valence-electron chi connectivity index (χ2n) is 1.90. The molecule has 0 amide bonds. The summed E-state index contributed by atoms with van der Waals surface area (Å²) < 4.78 is 0. The summed E-state index contributed by atoms with van der Waals surface area (Å²) in [7, 11) is 0. The Morgan fingerprint density at radius 1 is 1.90 bits per heavy atom. The van der Waals surface area contributed by atoms with E-state index in [4.69, 9.17) is 5.73 Å². The number of thiazole rings is 1. The predicted octanol–water partition coefficient (Wildman–Crippen LogP) is 0.123. The van der Waals surface area contributed by atoms with Gasteiger partial charge in [-0.1, -0.05) is 0 Å². The highest BCUT2D eigenvalue weighted by molar-refractivity contribution is 7.09. The minimum absolute atomic E-state index is 0.500. The van der Waals surface area contributed by atoms with Crippen LogP contribution in [0.1, 0.15) is 4.88 Å². The lowest BCUT2D eigenvalue weighted by Crippen LogP contribution is -2.23. The molecule has 0 aliphatic heterocycles. The molecule has 1 atom stereocenters. The molecule has 0 aliphatic carbocycles. The summed E-state index contributed by atoms with van der Waals surface area (Å²) in [5, 5.41) is 0. The highest BCUT2D eigenvalue weighted by atomic mass is 32.1. The van der Waals surface area contributed by atoms with Gasteiger partial charge in [-0.15, -0.1) is 11.3 Å². The van der Waals surface area contributed by atoms with E-state index in [0.29, 0.717) is 6.42 Å². The standard InChI is InChI=1S/C6H7N2OS/c7-5(3-9)1-6-2-8-4-10-6/h2,4-5H,1,7H2. The van der Waals surface area contributed by atoms with Gasteiger partial charge in [0, 0.05) is 17.5 Å². The minimum atomic E-state index is -0.500. The Morgan fingerprint density at radius 2 is 2.70 bits per heavy atom. The molecule has 53 valence electrons. The fourth-order valence-corrected chi connectivity index (χ4v) is 1.26. The van der Waals surface area contributed by atoms with Gasteiger partial charge in [0.2, 0.25) is 6.29 Å². The smallest absolute Gasteiger partial charge is 0.217 e. The molecule has 1 radical (unpaired) electrons. The molecule has 0 aromatic carbocycles. The molecule has 0 saturated carbocycles. The SMILES string of the molecule is NC([C]=O)Cc1cncs1. The fraction of sp³-hybridized carbons (Fsp3) is 0.333. The average Bonchev–Trinajstić information content (AvgIpc) is 2.40. The van der Waals surface area contributed by atoms with Gasteiger partial charge in [0.05, 0.1) is 11.6 Å². The molecule has 10 heavy (non-hydrogen) atoms. The van der Waals surface area contributed by atoms with Crippen molar-refractivity contribution >= 4 is 17.6 Å². The molecule has 1 rings (SSSR count). The Morgan fingerprint density at radius 3 is 3.20 bits per heavy atom. The third-order valence-electron chi connectivity index (χ3n) is 1.06. The van der Waals surface area contributed by atoms with Crippen LogP contribution in [0.3, 0.4) is 0 Å². The number of nitrogens with zero attached hydrogens (tertiary/aromatic N) is 1. The topological polar surface area (TPSA) is 56.0 Å². The zero-order valence-corrected chi connectivity index (χ0v) is 6.10. The number of hydrogen-bond donors (Lipinski definition) is 1. The third-order valence-corrected chi connectivity index (χ3v) is 1.86. The van der Waals surface area contributed by atoms with Crippen LogP contribution in [0.4, 0.5) is 0 Å². The average molecular weight is 155 g/mol. The van der Waals surface area contributed by atoms with Gasteiger partial charge in [-0.05, 0) is 0 Å². The Kier molecular flexibility index (Phi) is 2.53. The molecule has 1 unspecified atom stereocenters. The fourth-order valence-electron chi connectivity index (χ4n) is 0.601. The van der Waals surface area contributed by atoms with Crippen molar-refractivity contribution in [3.8, 4) is 0 Å². The lowest BCUT2D eigenvalue weighted by Gasteiger charge is -1.96. The lowest BCUT2D eigenvalue weighted by atomic mass is 10.2. The van der Waals surface area contributed by atoms with Crippen LogP contribution in [0, 0.1) is 0 Å². The highest BCUT2D eigenvalue weighted by Gasteiger charge is 2.03. The van der Waals surface area contributed by atoms with Gasteiger partial charge in [-0.3, -0.25) is 9.78 Å². The summed E-state index contributed by atoms with van der Waals surface area (Å²) >= 11 is 1.50. The van der Waals surface area contributed by atoms with Crippen molar-refractivity contribution in [2.75, 3.05) is 0 Å². The molecular formula is C6H7N2OS. The van der Waals surface area contributed by atoms with Gasteiger partial charge in [-0.25, -0.2) is 0 Å². The van der Waals surface area contributed by atoms with Crippen LogP contribution in [0.15, 0.2) is 11.7 Å². The van der Waals surface area contributed by atoms with Crippen molar-refractivity contribution in [3.05, 3.63) is 16.6 Å². The molecule has 0 spiro atoms. The number of nitrogens with two attached hydrogens (primary N) is 1. The molecule has 1 heterocycles. The van der Waals surface area contributed by atoms with Crippen LogP contribution in [-0.2, 0) is 11.2 Å². The first-order valence-electron chi connectivity index (χ1n) is 2.83. The molecule has 0 bridgehead atoms. The van der Waals surface area contributed by atoms with Gasteiger partial charge < -0.3 is 5.73 Å². The van der Waals surface area contributed by atoms with Crippen molar-refractivity contribution in [1.82, 2.24) is 4.98 Å². The van der Waals surface area contributed by atoms with Crippen LogP contribution in [0.25, 0.3) is 0 Å². The Bertz CT molecular complexity index is 198. The molecule has 0 aliphatic rings. The van der Waals surface area contributed by atoms with E-state index in [2.05, 4.69) is 4.98 Å². The molecule has 3 nitrogen and oxygen atoms in total. The first-order valence-corrected chi connectivity index (χ1v) is 3.71. The molecule has 1 aromatic heterocycles. The minimum Gasteiger partial charge on any atom is -0.321 e. The van der Waals surface area contributed by atoms with Crippen molar-refractivity contribution in [2.45, 2.75) is 12.5 Å². The second-order valence-corrected chi connectivity index (χ2v) is 2.87. The molecule has 0 fully saturated rings. The van der Waals surface area contributed by atoms with Crippen LogP contribution in [-0.4, -0.2) is 17.3 Å². The van der Waals surface area contributed by atoms with Gasteiger partial charge in [0.25, 0.3) is 0 Å². The molecular weight excluding hydrogens is 148 g/mol. The van der Waals surface area contributed by atoms with E-state index in [1.165, 1.54) is 11.3 Å². The summed E-state index contributed by atoms with van der Waals surface area (Å²) in [5.74, 6) is 0. The zero-order valence-electron chi connectivity index (χ0n) is 5.28. The normalized spacial score (nSPS) is 12.9.